The Morgan fingerprint density at radius 2 is 1.97 bits per heavy atom. The Labute approximate surface area is 183 Å². The molecular weight excluding hydrogens is 477 g/mol. The second-order valence-electron chi connectivity index (χ2n) is 6.08. The van der Waals surface area contributed by atoms with Crippen molar-refractivity contribution >= 4 is 61.7 Å². The maximum absolute atomic E-state index is 12.4. The van der Waals surface area contributed by atoms with E-state index in [1.165, 1.54) is 6.08 Å². The average molecular weight is 487 g/mol. The predicted molar refractivity (Wildman–Crippen MR) is 118 cm³/mol. The summed E-state index contributed by atoms with van der Waals surface area (Å²) < 4.78 is 6.57. The molecule has 8 heteroatoms. The molecular formula is C21H10BrCl2N3O2. The van der Waals surface area contributed by atoms with Crippen LogP contribution >= 0.6 is 39.1 Å². The number of fused-ring (bicyclic) bond motifs is 1. The second-order valence-corrected chi connectivity index (χ2v) is 7.81. The van der Waals surface area contributed by atoms with Crippen LogP contribution in [0.4, 0.5) is 0 Å². The fourth-order valence-electron chi connectivity index (χ4n) is 2.77. The van der Waals surface area contributed by atoms with Gasteiger partial charge >= 0.3 is 0 Å². The van der Waals surface area contributed by atoms with Gasteiger partial charge in [-0.05, 0) is 48.5 Å². The fourth-order valence-corrected chi connectivity index (χ4v) is 3.43. The number of halogens is 3. The van der Waals surface area contributed by atoms with Crippen LogP contribution < -0.4 is 5.56 Å². The monoisotopic (exact) mass is 485 g/mol. The van der Waals surface area contributed by atoms with E-state index in [2.05, 4.69) is 32.0 Å². The molecule has 2 aromatic heterocycles. The summed E-state index contributed by atoms with van der Waals surface area (Å²) >= 11 is 15.3. The van der Waals surface area contributed by atoms with Crippen LogP contribution in [0.3, 0.4) is 0 Å². The van der Waals surface area contributed by atoms with Gasteiger partial charge < -0.3 is 9.40 Å². The number of hydrogen-bond acceptors (Lipinski definition) is 4. The van der Waals surface area contributed by atoms with Gasteiger partial charge in [-0.3, -0.25) is 4.79 Å². The van der Waals surface area contributed by atoms with Crippen molar-refractivity contribution in [3.8, 4) is 17.4 Å². The number of allylic oxidation sites excluding steroid dienone is 1. The number of nitriles is 1. The Hall–Kier alpha value is -2.85. The number of aromatic amines is 1. The third-order valence-corrected chi connectivity index (χ3v) is 5.39. The summed E-state index contributed by atoms with van der Waals surface area (Å²) in [6.07, 6.45) is 1.52. The molecule has 2 aromatic carbocycles. The Morgan fingerprint density at radius 3 is 2.72 bits per heavy atom. The van der Waals surface area contributed by atoms with Crippen molar-refractivity contribution in [3.63, 3.8) is 0 Å². The largest absolute Gasteiger partial charge is 0.457 e. The fraction of sp³-hybridized carbons (Fsp3) is 0. The molecule has 2 heterocycles. The molecule has 0 unspecified atom stereocenters. The molecule has 29 heavy (non-hydrogen) atoms. The molecule has 4 rings (SSSR count). The summed E-state index contributed by atoms with van der Waals surface area (Å²) in [5.41, 5.74) is 1.08. The average Bonchev–Trinajstić information content (AvgIpc) is 3.17. The van der Waals surface area contributed by atoms with Crippen LogP contribution in [0.1, 0.15) is 11.6 Å². The number of nitrogens with one attached hydrogen (secondary N) is 1. The van der Waals surface area contributed by atoms with Crippen molar-refractivity contribution < 1.29 is 4.42 Å². The van der Waals surface area contributed by atoms with Gasteiger partial charge in [0.2, 0.25) is 0 Å². The minimum atomic E-state index is -0.330. The molecule has 0 spiro atoms. The van der Waals surface area contributed by atoms with Crippen LogP contribution in [-0.2, 0) is 0 Å². The van der Waals surface area contributed by atoms with Crippen molar-refractivity contribution in [1.29, 1.82) is 5.26 Å². The zero-order valence-corrected chi connectivity index (χ0v) is 17.6. The molecule has 0 saturated carbocycles. The van der Waals surface area contributed by atoms with Crippen molar-refractivity contribution in [2.45, 2.75) is 0 Å². The van der Waals surface area contributed by atoms with E-state index >= 15 is 0 Å². The zero-order chi connectivity index (χ0) is 20.5. The van der Waals surface area contributed by atoms with E-state index in [1.807, 2.05) is 0 Å². The van der Waals surface area contributed by atoms with Crippen LogP contribution in [0.2, 0.25) is 10.0 Å². The van der Waals surface area contributed by atoms with E-state index in [-0.39, 0.29) is 17.0 Å². The van der Waals surface area contributed by atoms with Crippen molar-refractivity contribution in [2.75, 3.05) is 0 Å². The first kappa shape index (κ1) is 19.5. The maximum atomic E-state index is 12.4. The lowest BCUT2D eigenvalue weighted by molar-refractivity contribution is 0.572. The van der Waals surface area contributed by atoms with Gasteiger partial charge in [-0.25, -0.2) is 4.98 Å². The van der Waals surface area contributed by atoms with Crippen LogP contribution in [0, 0.1) is 11.3 Å². The molecule has 0 saturated heterocycles. The first-order valence-electron chi connectivity index (χ1n) is 8.31. The SMILES string of the molecule is N#C/C(=C\c1ccc(-c2ccc(Cl)c(Cl)c2)o1)c1nc2ccc(Br)cc2c(=O)[nH]1. The predicted octanol–water partition coefficient (Wildman–Crippen LogP) is 6.32. The first-order chi connectivity index (χ1) is 13.9. The van der Waals surface area contributed by atoms with Gasteiger partial charge in [0, 0.05) is 16.1 Å². The van der Waals surface area contributed by atoms with Gasteiger partial charge in [0.15, 0.2) is 5.82 Å². The molecule has 0 radical (unpaired) electrons. The lowest BCUT2D eigenvalue weighted by Crippen LogP contribution is -2.11. The summed E-state index contributed by atoms with van der Waals surface area (Å²) in [5.74, 6) is 1.16. The van der Waals surface area contributed by atoms with E-state index in [0.717, 1.165) is 10.0 Å². The molecule has 4 aromatic rings. The van der Waals surface area contributed by atoms with Gasteiger partial charge in [-0.1, -0.05) is 39.1 Å². The molecule has 0 aliphatic rings. The van der Waals surface area contributed by atoms with Crippen LogP contribution in [-0.4, -0.2) is 9.97 Å². The van der Waals surface area contributed by atoms with Crippen LogP contribution in [0.25, 0.3) is 33.9 Å². The zero-order valence-electron chi connectivity index (χ0n) is 14.5. The number of hydrogen-bond donors (Lipinski definition) is 1. The molecule has 0 aliphatic heterocycles. The second kappa shape index (κ2) is 7.88. The van der Waals surface area contributed by atoms with Crippen LogP contribution in [0.5, 0.6) is 0 Å². The number of aromatic nitrogens is 2. The highest BCUT2D eigenvalue weighted by atomic mass is 79.9. The van der Waals surface area contributed by atoms with E-state index in [0.29, 0.717) is 32.5 Å². The summed E-state index contributed by atoms with van der Waals surface area (Å²) in [6, 6.07) is 15.9. The highest BCUT2D eigenvalue weighted by Crippen LogP contribution is 2.30. The van der Waals surface area contributed by atoms with Crippen LogP contribution in [0.15, 0.2) is 62.2 Å². The quantitative estimate of drug-likeness (QED) is 0.343. The molecule has 0 fully saturated rings. The Kier molecular flexibility index (Phi) is 5.29. The third-order valence-electron chi connectivity index (χ3n) is 4.16. The minimum absolute atomic E-state index is 0.166. The minimum Gasteiger partial charge on any atom is -0.457 e. The highest BCUT2D eigenvalue weighted by Gasteiger charge is 2.11. The Balaban J connectivity index is 1.74. The van der Waals surface area contributed by atoms with Gasteiger partial charge in [0.1, 0.15) is 17.6 Å². The summed E-state index contributed by atoms with van der Waals surface area (Å²) in [7, 11) is 0. The van der Waals surface area contributed by atoms with Gasteiger partial charge in [-0.15, -0.1) is 0 Å². The van der Waals surface area contributed by atoms with Gasteiger partial charge in [0.25, 0.3) is 5.56 Å². The third kappa shape index (κ3) is 3.99. The molecule has 0 aliphatic carbocycles. The Bertz CT molecular complexity index is 1380. The van der Waals surface area contributed by atoms with E-state index in [1.54, 1.807) is 48.5 Å². The lowest BCUT2D eigenvalue weighted by Gasteiger charge is -2.02. The number of H-pyrrole nitrogens is 1. The maximum Gasteiger partial charge on any atom is 0.259 e. The number of rotatable bonds is 3. The van der Waals surface area contributed by atoms with Crippen molar-refractivity contribution in [3.05, 3.63) is 85.0 Å². The molecule has 0 bridgehead atoms. The summed E-state index contributed by atoms with van der Waals surface area (Å²) in [5, 5.41) is 10.9. The van der Waals surface area contributed by atoms with Gasteiger partial charge in [0.05, 0.1) is 26.5 Å². The summed E-state index contributed by atoms with van der Waals surface area (Å²) in [6.45, 7) is 0. The topological polar surface area (TPSA) is 82.7 Å². The smallest absolute Gasteiger partial charge is 0.259 e. The first-order valence-corrected chi connectivity index (χ1v) is 9.86. The van der Waals surface area contributed by atoms with Crippen molar-refractivity contribution in [1.82, 2.24) is 9.97 Å². The lowest BCUT2D eigenvalue weighted by atomic mass is 10.2. The normalized spacial score (nSPS) is 11.6. The summed E-state index contributed by atoms with van der Waals surface area (Å²) in [4.78, 5) is 19.4. The van der Waals surface area contributed by atoms with E-state index < -0.39 is 0 Å². The molecule has 0 amide bonds. The molecule has 5 nitrogen and oxygen atoms in total. The molecule has 0 atom stereocenters. The standard InChI is InChI=1S/C21H10BrCl2N3O2/c22-13-2-5-18-15(9-13)21(28)27-20(26-18)12(10-25)7-14-3-6-19(29-14)11-1-4-16(23)17(24)8-11/h1-9H,(H,26,27,28)/b12-7+. The molecule has 1 N–H and O–H groups in total. The molecule has 142 valence electrons. The van der Waals surface area contributed by atoms with Gasteiger partial charge in [-0.2, -0.15) is 5.26 Å². The Morgan fingerprint density at radius 1 is 1.14 bits per heavy atom. The van der Waals surface area contributed by atoms with E-state index in [4.69, 9.17) is 27.6 Å². The van der Waals surface area contributed by atoms with E-state index in [9.17, 15) is 10.1 Å². The number of benzene rings is 2. The number of furan rings is 1. The highest BCUT2D eigenvalue weighted by molar-refractivity contribution is 9.10. The number of nitrogens with zero attached hydrogens (tertiary/aromatic N) is 2. The van der Waals surface area contributed by atoms with Crippen molar-refractivity contribution in [2.24, 2.45) is 0 Å².